The molecule has 1 aliphatic heterocycles. The van der Waals surface area contributed by atoms with Crippen LogP contribution >= 0.6 is 11.3 Å². The molecule has 2 rings (SSSR count). The van der Waals surface area contributed by atoms with E-state index in [9.17, 15) is 4.79 Å². The predicted octanol–water partition coefficient (Wildman–Crippen LogP) is 1.82. The van der Waals surface area contributed by atoms with Gasteiger partial charge in [-0.2, -0.15) is 0 Å². The van der Waals surface area contributed by atoms with Crippen molar-refractivity contribution in [2.75, 3.05) is 13.1 Å². The van der Waals surface area contributed by atoms with Crippen LogP contribution in [0.2, 0.25) is 0 Å². The molecular formula is C12H18N2OS. The van der Waals surface area contributed by atoms with Crippen LogP contribution in [0.3, 0.4) is 0 Å². The molecular weight excluding hydrogens is 220 g/mol. The third kappa shape index (κ3) is 3.39. The van der Waals surface area contributed by atoms with Crippen molar-refractivity contribution >= 4 is 17.1 Å². The van der Waals surface area contributed by atoms with E-state index in [-0.39, 0.29) is 5.78 Å². The van der Waals surface area contributed by atoms with Gasteiger partial charge in [-0.05, 0) is 38.8 Å². The Balaban J connectivity index is 1.88. The molecule has 1 saturated heterocycles. The van der Waals surface area contributed by atoms with Crippen molar-refractivity contribution in [1.29, 1.82) is 0 Å². The minimum atomic E-state index is 0.191. The number of hydrogen-bond donors (Lipinski definition) is 1. The highest BCUT2D eigenvalue weighted by molar-refractivity contribution is 7.09. The number of nitrogens with zero attached hydrogens (tertiary/aromatic N) is 1. The first-order valence-corrected chi connectivity index (χ1v) is 6.75. The van der Waals surface area contributed by atoms with E-state index in [2.05, 4.69) is 10.3 Å². The molecule has 1 N–H and O–H groups in total. The number of rotatable bonds is 4. The van der Waals surface area contributed by atoms with Gasteiger partial charge in [0.2, 0.25) is 0 Å². The largest absolute Gasteiger partial charge is 0.316 e. The summed E-state index contributed by atoms with van der Waals surface area (Å²) in [5.41, 5.74) is 0.941. The number of thiazole rings is 1. The van der Waals surface area contributed by atoms with Crippen molar-refractivity contribution in [3.63, 3.8) is 0 Å². The highest BCUT2D eigenvalue weighted by Crippen LogP contribution is 2.19. The molecule has 0 spiro atoms. The third-order valence-electron chi connectivity index (χ3n) is 2.89. The van der Waals surface area contributed by atoms with Gasteiger partial charge in [0.1, 0.15) is 5.78 Å². The van der Waals surface area contributed by atoms with E-state index in [4.69, 9.17) is 0 Å². The van der Waals surface area contributed by atoms with Gasteiger partial charge < -0.3 is 5.32 Å². The lowest BCUT2D eigenvalue weighted by Crippen LogP contribution is -2.30. The molecule has 1 aliphatic rings. The van der Waals surface area contributed by atoms with Crippen molar-refractivity contribution in [1.82, 2.24) is 10.3 Å². The van der Waals surface area contributed by atoms with Crippen LogP contribution in [0.25, 0.3) is 0 Å². The fourth-order valence-electron chi connectivity index (χ4n) is 2.12. The van der Waals surface area contributed by atoms with E-state index >= 15 is 0 Å². The summed E-state index contributed by atoms with van der Waals surface area (Å²) in [6.45, 7) is 3.88. The van der Waals surface area contributed by atoms with Gasteiger partial charge in [0.05, 0.1) is 10.7 Å². The van der Waals surface area contributed by atoms with Crippen LogP contribution in [0.15, 0.2) is 5.38 Å². The molecule has 1 aromatic heterocycles. The summed E-state index contributed by atoms with van der Waals surface area (Å²) in [6, 6.07) is 0. The molecule has 3 nitrogen and oxygen atoms in total. The summed E-state index contributed by atoms with van der Waals surface area (Å²) in [5.74, 6) is 0.918. The lowest BCUT2D eigenvalue weighted by molar-refractivity contribution is -0.116. The lowest BCUT2D eigenvalue weighted by Gasteiger charge is -2.21. The van der Waals surface area contributed by atoms with Crippen molar-refractivity contribution in [3.8, 4) is 0 Å². The highest BCUT2D eigenvalue weighted by Gasteiger charge is 2.15. The van der Waals surface area contributed by atoms with Crippen molar-refractivity contribution in [2.24, 2.45) is 5.92 Å². The molecule has 1 fully saturated rings. The lowest BCUT2D eigenvalue weighted by atomic mass is 9.97. The molecule has 0 amide bonds. The molecule has 2 heterocycles. The smallest absolute Gasteiger partial charge is 0.135 e. The normalized spacial score (nSPS) is 20.9. The Morgan fingerprint density at radius 3 is 3.25 bits per heavy atom. The van der Waals surface area contributed by atoms with Crippen LogP contribution in [0.4, 0.5) is 0 Å². The summed E-state index contributed by atoms with van der Waals surface area (Å²) < 4.78 is 0. The average Bonchev–Trinajstić information content (AvgIpc) is 2.66. The summed E-state index contributed by atoms with van der Waals surface area (Å²) >= 11 is 1.69. The van der Waals surface area contributed by atoms with E-state index in [0.29, 0.717) is 6.42 Å². The van der Waals surface area contributed by atoms with E-state index in [1.54, 1.807) is 18.3 Å². The fourth-order valence-corrected chi connectivity index (χ4v) is 3.03. The molecule has 0 aliphatic carbocycles. The van der Waals surface area contributed by atoms with Gasteiger partial charge in [0, 0.05) is 18.2 Å². The summed E-state index contributed by atoms with van der Waals surface area (Å²) in [7, 11) is 0. The Morgan fingerprint density at radius 1 is 1.69 bits per heavy atom. The number of piperidine rings is 1. The Labute approximate surface area is 100 Å². The van der Waals surface area contributed by atoms with E-state index < -0.39 is 0 Å². The van der Waals surface area contributed by atoms with E-state index in [1.165, 1.54) is 17.8 Å². The Kier molecular flexibility index (Phi) is 4.07. The molecule has 88 valence electrons. The molecule has 1 atom stereocenters. The number of carbonyl (C=O) groups excluding carboxylic acids is 1. The van der Waals surface area contributed by atoms with Crippen molar-refractivity contribution < 1.29 is 4.79 Å². The standard InChI is InChI=1S/C12H18N2OS/c1-9(15)5-11-8-16-12(14-11)6-10-3-2-4-13-7-10/h8,10,13H,2-7H2,1H3. The van der Waals surface area contributed by atoms with E-state index in [1.807, 2.05) is 5.38 Å². The minimum Gasteiger partial charge on any atom is -0.316 e. The maximum Gasteiger partial charge on any atom is 0.135 e. The molecule has 0 aromatic carbocycles. The number of nitrogens with one attached hydrogen (secondary N) is 1. The second kappa shape index (κ2) is 5.55. The van der Waals surface area contributed by atoms with Gasteiger partial charge in [0.15, 0.2) is 0 Å². The molecule has 0 bridgehead atoms. The zero-order chi connectivity index (χ0) is 11.4. The van der Waals surface area contributed by atoms with Gasteiger partial charge >= 0.3 is 0 Å². The zero-order valence-electron chi connectivity index (χ0n) is 9.66. The van der Waals surface area contributed by atoms with Gasteiger partial charge in [-0.3, -0.25) is 4.79 Å². The van der Waals surface area contributed by atoms with Crippen LogP contribution in [-0.2, 0) is 17.6 Å². The molecule has 4 heteroatoms. The summed E-state index contributed by atoms with van der Waals surface area (Å²) in [6.07, 6.45) is 4.12. The van der Waals surface area contributed by atoms with Gasteiger partial charge in [0.25, 0.3) is 0 Å². The average molecular weight is 238 g/mol. The fraction of sp³-hybridized carbons (Fsp3) is 0.667. The first-order valence-electron chi connectivity index (χ1n) is 5.87. The molecule has 1 unspecified atom stereocenters. The van der Waals surface area contributed by atoms with Crippen molar-refractivity contribution in [3.05, 3.63) is 16.1 Å². The second-order valence-corrected chi connectivity index (χ2v) is 5.47. The van der Waals surface area contributed by atoms with E-state index in [0.717, 1.165) is 31.1 Å². The highest BCUT2D eigenvalue weighted by atomic mass is 32.1. The third-order valence-corrected chi connectivity index (χ3v) is 3.81. The number of Topliss-reactive ketones (excluding diaryl/α,β-unsaturated/α-hetero) is 1. The molecule has 0 radical (unpaired) electrons. The van der Waals surface area contributed by atoms with Crippen molar-refractivity contribution in [2.45, 2.75) is 32.6 Å². The quantitative estimate of drug-likeness (QED) is 0.870. The maximum atomic E-state index is 11.0. The topological polar surface area (TPSA) is 42.0 Å². The Morgan fingerprint density at radius 2 is 2.56 bits per heavy atom. The maximum absolute atomic E-state index is 11.0. The first kappa shape index (κ1) is 11.7. The van der Waals surface area contributed by atoms with Crippen LogP contribution < -0.4 is 5.32 Å². The SMILES string of the molecule is CC(=O)Cc1csc(CC2CCCNC2)n1. The first-order chi connectivity index (χ1) is 7.74. The van der Waals surface area contributed by atoms with Gasteiger partial charge in [-0.15, -0.1) is 11.3 Å². The number of carbonyl (C=O) groups is 1. The minimum absolute atomic E-state index is 0.191. The van der Waals surface area contributed by atoms with Gasteiger partial charge in [-0.25, -0.2) is 4.98 Å². The Bertz CT molecular complexity index is 356. The number of aromatic nitrogens is 1. The van der Waals surface area contributed by atoms with Crippen LogP contribution in [-0.4, -0.2) is 23.9 Å². The second-order valence-electron chi connectivity index (χ2n) is 4.53. The van der Waals surface area contributed by atoms with Crippen LogP contribution in [0.5, 0.6) is 0 Å². The van der Waals surface area contributed by atoms with Gasteiger partial charge in [-0.1, -0.05) is 0 Å². The molecule has 1 aromatic rings. The molecule has 0 saturated carbocycles. The Hall–Kier alpha value is -0.740. The monoisotopic (exact) mass is 238 g/mol. The number of hydrogen-bond acceptors (Lipinski definition) is 4. The molecule has 16 heavy (non-hydrogen) atoms. The van der Waals surface area contributed by atoms with Crippen LogP contribution in [0, 0.1) is 5.92 Å². The summed E-state index contributed by atoms with van der Waals surface area (Å²) in [4.78, 5) is 15.5. The van der Waals surface area contributed by atoms with Crippen LogP contribution in [0.1, 0.15) is 30.5 Å². The number of ketones is 1. The summed E-state index contributed by atoms with van der Waals surface area (Å²) in [5, 5.41) is 6.62. The zero-order valence-corrected chi connectivity index (χ0v) is 10.5. The predicted molar refractivity (Wildman–Crippen MR) is 65.8 cm³/mol.